The standard InChI is InChI=1S/C134H84B2FN10/c1-139-130(94-56-72-108(73-57-94)145(104-64-48-90(49-65-104)88-28-10-3-11-29-88)105-66-50-91(51-67-105)97-60-80-126-140-131-117-42-24-40-115-109(76-78-124(128(115)117)146(131)135-142(126)85-97)95-58-74-113-111-38-20-22-44-120(111)133(122(113)82-95,99-30-12-4-13-31-99)100-32-14-5-15-33-100)119(84-138)93-54-70-107(71-55-93)144(103-62-46-89(47-63-103)87-26-8-2-9-27-87)106-68-52-92(53-69-106)98-61-81-127-141-132-118-43-25-41-116-110(77-79-125(129(116)118)147(132)136(137)143(127)86-98)96-59-75-114-112-39-21-23-45-121(112)134(123(114)83-96,101-34-16-6-17-35-101)102-36-18-7-19-37-102/h2-83,85-86H/q+2/b130-119-. The van der Waals surface area contributed by atoms with E-state index in [9.17, 15) is 5.26 Å². The molecule has 147 heavy (non-hydrogen) atoms. The fraction of sp³-hybridized carbons (Fsp3) is 0.0149. The number of pyridine rings is 2. The molecular formula is C134H84B2FN10+2. The summed E-state index contributed by atoms with van der Waals surface area (Å²) < 4.78 is 25.9. The lowest BCUT2D eigenvalue weighted by molar-refractivity contribution is -0.535. The third-order valence-electron chi connectivity index (χ3n) is 30.7. The molecule has 10 nitrogen and oxygen atoms in total. The molecule has 24 aromatic rings. The van der Waals surface area contributed by atoms with Crippen LogP contribution in [0.4, 0.5) is 50.1 Å². The summed E-state index contributed by atoms with van der Waals surface area (Å²) in [6.45, 7) is 8.81. The lowest BCUT2D eigenvalue weighted by Gasteiger charge is -2.34. The summed E-state index contributed by atoms with van der Waals surface area (Å²) in [5.74, 6) is 1.34. The number of fused-ring (bicyclic) bond motifs is 14. The van der Waals surface area contributed by atoms with Gasteiger partial charge in [0, 0.05) is 79.2 Å². The molecule has 0 saturated heterocycles. The SMILES string of the molecule is [C-]#[N+]/C(=C(/C#N)c1ccc(N(c2ccc(-c3ccccc3)cc2)c2ccc(-c3ccc4[n+](c3)B(F)n3c(c5cccc6c(-c7ccc8c(c7)C(c7ccccc7)(c7ccccc7)c7ccccc7-8)ccc3c65)=N4)cc2)cc1)c1ccc(N(c2ccc(-c3ccccc3)cc2)c2ccc(-c3ccc4[n+](c3)[B]n3c(c5cccc6c(-c7ccc8c(c7)C(c7ccccc7)(c7ccccc7)c7ccccc7-8)ccc3c65)=N4)cc2)cc1. The van der Waals surface area contributed by atoms with E-state index in [1.54, 1.807) is 8.96 Å². The van der Waals surface area contributed by atoms with Gasteiger partial charge < -0.3 is 14.3 Å². The van der Waals surface area contributed by atoms with Crippen LogP contribution in [0.2, 0.25) is 0 Å². The Labute approximate surface area is 850 Å². The summed E-state index contributed by atoms with van der Waals surface area (Å²) in [4.78, 5) is 19.3. The monoisotopic (exact) mass is 1870 g/mol. The molecule has 0 atom stereocenters. The van der Waals surface area contributed by atoms with Gasteiger partial charge in [-0.3, -0.25) is 13.3 Å². The maximum atomic E-state index is 18.2. The molecule has 13 heteroatoms. The Hall–Kier alpha value is -19.5. The summed E-state index contributed by atoms with van der Waals surface area (Å²) >= 11 is 0. The number of allylic oxidation sites excluding steroid dienone is 1. The third kappa shape index (κ3) is 13.6. The van der Waals surface area contributed by atoms with Crippen LogP contribution in [0.5, 0.6) is 0 Å². The van der Waals surface area contributed by atoms with Gasteiger partial charge >= 0.3 is 26.4 Å². The Kier molecular flexibility index (Phi) is 20.1. The maximum absolute atomic E-state index is 18.2. The molecule has 1 radical (unpaired) electrons. The van der Waals surface area contributed by atoms with Crippen molar-refractivity contribution < 1.29 is 13.3 Å². The van der Waals surface area contributed by atoms with Crippen LogP contribution in [-0.2, 0) is 10.8 Å². The minimum absolute atomic E-state index is 0.232. The molecule has 681 valence electrons. The minimum atomic E-state index is -1.61. The highest BCUT2D eigenvalue weighted by Crippen LogP contribution is 2.60. The number of aromatic nitrogens is 4. The highest BCUT2D eigenvalue weighted by molar-refractivity contribution is 6.42. The lowest BCUT2D eigenvalue weighted by Crippen LogP contribution is -2.58. The van der Waals surface area contributed by atoms with E-state index in [-0.39, 0.29) is 11.3 Å². The molecule has 0 fully saturated rings. The zero-order valence-electron chi connectivity index (χ0n) is 79.5. The van der Waals surface area contributed by atoms with Gasteiger partial charge in [0.1, 0.15) is 0 Å². The summed E-state index contributed by atoms with van der Waals surface area (Å²) in [5.41, 5.74) is 36.7. The van der Waals surface area contributed by atoms with Crippen LogP contribution in [0.15, 0.2) is 520 Å². The molecule has 0 spiro atoms. The van der Waals surface area contributed by atoms with Crippen LogP contribution in [0.1, 0.15) is 55.6 Å². The molecule has 4 aromatic heterocycles. The van der Waals surface area contributed by atoms with E-state index < -0.39 is 18.1 Å². The quantitative estimate of drug-likeness (QED) is 0.0372. The highest BCUT2D eigenvalue weighted by Gasteiger charge is 2.49. The Bertz CT molecular complexity index is 9620. The van der Waals surface area contributed by atoms with E-state index in [0.29, 0.717) is 22.4 Å². The molecule has 0 amide bonds. The van der Waals surface area contributed by atoms with Gasteiger partial charge in [-0.05, 0) is 276 Å². The number of hydrogen-bond acceptors (Lipinski definition) is 5. The van der Waals surface area contributed by atoms with Crippen molar-refractivity contribution in [3.05, 3.63) is 588 Å². The average molecular weight is 1870 g/mol. The molecule has 0 N–H and O–H groups in total. The van der Waals surface area contributed by atoms with Gasteiger partial charge in [0.05, 0.1) is 52.2 Å². The Morgan fingerprint density at radius 3 is 1.10 bits per heavy atom. The largest absolute Gasteiger partial charge is 0.727 e. The molecule has 20 aromatic carbocycles. The van der Waals surface area contributed by atoms with Crippen LogP contribution in [0.3, 0.4) is 0 Å². The number of benzene rings is 20. The van der Waals surface area contributed by atoms with Crippen molar-refractivity contribution in [2.45, 2.75) is 10.8 Å². The van der Waals surface area contributed by atoms with Crippen molar-refractivity contribution in [3.8, 4) is 95.1 Å². The first kappa shape index (κ1) is 85.5. The number of hydrogen-bond donors (Lipinski definition) is 0. The molecule has 6 heterocycles. The smallest absolute Gasteiger partial charge is 0.311 e. The number of nitrogens with zero attached hydrogens (tertiary/aromatic N) is 10. The molecule has 0 bridgehead atoms. The lowest BCUT2D eigenvalue weighted by atomic mass is 9.67. The normalized spacial score (nSPS) is 13.1. The second-order valence-corrected chi connectivity index (χ2v) is 38.3. The number of halogens is 1. The molecule has 0 unspecified atom stereocenters. The molecule has 2 aliphatic heterocycles. The molecule has 4 aliphatic rings. The number of nitriles is 1. The van der Waals surface area contributed by atoms with Crippen LogP contribution in [0.25, 0.3) is 148 Å². The van der Waals surface area contributed by atoms with Crippen molar-refractivity contribution in [1.29, 1.82) is 5.26 Å². The third-order valence-corrected chi connectivity index (χ3v) is 30.7. The zero-order valence-corrected chi connectivity index (χ0v) is 79.5. The van der Waals surface area contributed by atoms with Crippen LogP contribution < -0.4 is 29.7 Å². The van der Waals surface area contributed by atoms with E-state index in [4.69, 9.17) is 16.6 Å². The van der Waals surface area contributed by atoms with Crippen molar-refractivity contribution in [2.24, 2.45) is 9.98 Å². The van der Waals surface area contributed by atoms with Gasteiger partial charge in [-0.15, -0.1) is 0 Å². The molecule has 2 aliphatic carbocycles. The number of rotatable bonds is 18. The fourth-order valence-corrected chi connectivity index (χ4v) is 24.0. The van der Waals surface area contributed by atoms with E-state index in [2.05, 4.69) is 456 Å². The van der Waals surface area contributed by atoms with E-state index >= 15 is 4.32 Å². The van der Waals surface area contributed by atoms with Crippen molar-refractivity contribution >= 4 is 115 Å². The Morgan fingerprint density at radius 2 is 0.653 bits per heavy atom. The van der Waals surface area contributed by atoms with E-state index in [0.717, 1.165) is 139 Å². The van der Waals surface area contributed by atoms with Gasteiger partial charge in [0.25, 0.3) is 0 Å². The van der Waals surface area contributed by atoms with E-state index in [1.807, 2.05) is 91.1 Å². The predicted molar refractivity (Wildman–Crippen MR) is 595 cm³/mol. The first-order valence-corrected chi connectivity index (χ1v) is 49.7. The van der Waals surface area contributed by atoms with Crippen LogP contribution in [-0.4, -0.2) is 23.8 Å². The highest BCUT2D eigenvalue weighted by atomic mass is 19.1. The van der Waals surface area contributed by atoms with Crippen molar-refractivity contribution in [2.75, 3.05) is 9.80 Å². The average Bonchev–Trinajstić information content (AvgIpc) is 1.54. The summed E-state index contributed by atoms with van der Waals surface area (Å²) in [7, 11) is 0.562. The second-order valence-electron chi connectivity index (χ2n) is 38.3. The Balaban J connectivity index is 0.461. The fourth-order valence-electron chi connectivity index (χ4n) is 24.0. The van der Waals surface area contributed by atoms with E-state index in [1.165, 1.54) is 83.1 Å². The van der Waals surface area contributed by atoms with Gasteiger partial charge in [-0.2, -0.15) is 5.26 Å². The zero-order chi connectivity index (χ0) is 97.5. The molecule has 0 saturated carbocycles. The van der Waals surface area contributed by atoms with Crippen molar-refractivity contribution in [3.63, 3.8) is 0 Å². The summed E-state index contributed by atoms with van der Waals surface area (Å²) in [6.07, 6.45) is 4.04. The summed E-state index contributed by atoms with van der Waals surface area (Å²) in [6, 6.07) is 179. The first-order valence-electron chi connectivity index (χ1n) is 49.7. The molecule has 28 rings (SSSR count). The van der Waals surface area contributed by atoms with Crippen LogP contribution in [0, 0.1) is 17.9 Å². The van der Waals surface area contributed by atoms with Gasteiger partial charge in [-0.1, -0.05) is 364 Å². The van der Waals surface area contributed by atoms with Gasteiger partial charge in [0.15, 0.2) is 0 Å². The summed E-state index contributed by atoms with van der Waals surface area (Å²) in [5, 5.41) is 17.6. The van der Waals surface area contributed by atoms with Gasteiger partial charge in [0.2, 0.25) is 16.7 Å². The molecular weight excluding hydrogens is 1790 g/mol. The first-order chi connectivity index (χ1) is 72.7. The van der Waals surface area contributed by atoms with Gasteiger partial charge in [-0.25, -0.2) is 9.32 Å². The topological polar surface area (TPSA) is 77.0 Å². The Morgan fingerprint density at radius 1 is 0.313 bits per heavy atom. The van der Waals surface area contributed by atoms with Crippen molar-refractivity contribution in [1.82, 2.24) is 8.96 Å². The number of anilines is 6. The van der Waals surface area contributed by atoms with Crippen LogP contribution >= 0.6 is 0 Å². The minimum Gasteiger partial charge on any atom is -0.311 e. The second kappa shape index (κ2) is 34.5. The maximum Gasteiger partial charge on any atom is 0.727 e. The predicted octanol–water partition coefficient (Wildman–Crippen LogP) is 30.7.